The number of anilines is 2. The highest BCUT2D eigenvalue weighted by atomic mass is 32.1. The van der Waals surface area contributed by atoms with Crippen LogP contribution in [0.5, 0.6) is 5.75 Å². The van der Waals surface area contributed by atoms with Crippen LogP contribution in [0.3, 0.4) is 0 Å². The third-order valence-electron chi connectivity index (χ3n) is 6.49. The number of hydrogen-bond acceptors (Lipinski definition) is 9. The summed E-state index contributed by atoms with van der Waals surface area (Å²) in [7, 11) is 1.67. The summed E-state index contributed by atoms with van der Waals surface area (Å²) in [6, 6.07) is 8.13. The largest absolute Gasteiger partial charge is 0.497 e. The Bertz CT molecular complexity index is 1350. The minimum Gasteiger partial charge on any atom is -0.497 e. The number of benzene rings is 1. The molecule has 37 heavy (non-hydrogen) atoms. The van der Waals surface area contributed by atoms with Gasteiger partial charge < -0.3 is 14.5 Å². The van der Waals surface area contributed by atoms with Gasteiger partial charge in [-0.3, -0.25) is 0 Å². The third-order valence-corrected chi connectivity index (χ3v) is 8.73. The molecule has 7 nitrogen and oxygen atoms in total. The smallest absolute Gasteiger partial charge is 0.393 e. The summed E-state index contributed by atoms with van der Waals surface area (Å²) < 4.78 is 44.3. The van der Waals surface area contributed by atoms with Gasteiger partial charge in [-0.25, -0.2) is 9.97 Å². The number of piperazine rings is 1. The summed E-state index contributed by atoms with van der Waals surface area (Å²) >= 11 is 2.73. The highest BCUT2D eigenvalue weighted by Crippen LogP contribution is 2.38. The zero-order valence-corrected chi connectivity index (χ0v) is 22.2. The molecule has 0 N–H and O–H groups in total. The molecule has 0 atom stereocenters. The van der Waals surface area contributed by atoms with E-state index in [0.29, 0.717) is 34.2 Å². The number of fused-ring (bicyclic) bond motifs is 1. The first-order chi connectivity index (χ1) is 17.8. The molecule has 0 amide bonds. The second kappa shape index (κ2) is 10.8. The summed E-state index contributed by atoms with van der Waals surface area (Å²) in [4.78, 5) is 14.0. The Balaban J connectivity index is 1.19. The monoisotopic (exact) mass is 548 g/mol. The van der Waals surface area contributed by atoms with Crippen molar-refractivity contribution < 1.29 is 17.9 Å². The predicted octanol–water partition coefficient (Wildman–Crippen LogP) is 5.47. The maximum Gasteiger partial charge on any atom is 0.393 e. The molecule has 1 fully saturated rings. The average molecular weight is 549 g/mol. The van der Waals surface area contributed by atoms with Crippen LogP contribution in [-0.4, -0.2) is 59.6 Å². The zero-order valence-electron chi connectivity index (χ0n) is 20.6. The molecular formula is C25H27F3N6OS2. The summed E-state index contributed by atoms with van der Waals surface area (Å²) in [5.74, 6) is 1.57. The van der Waals surface area contributed by atoms with Gasteiger partial charge >= 0.3 is 6.18 Å². The summed E-state index contributed by atoms with van der Waals surface area (Å²) in [5, 5.41) is 11.5. The van der Waals surface area contributed by atoms with Crippen LogP contribution in [0.15, 0.2) is 30.6 Å². The van der Waals surface area contributed by atoms with Crippen molar-refractivity contribution in [3.05, 3.63) is 51.6 Å². The van der Waals surface area contributed by atoms with Crippen LogP contribution in [0.4, 0.5) is 24.1 Å². The van der Waals surface area contributed by atoms with Crippen LogP contribution in [0.1, 0.15) is 27.4 Å². The van der Waals surface area contributed by atoms with Gasteiger partial charge in [-0.15, -0.1) is 21.5 Å². The maximum atomic E-state index is 13.0. The highest BCUT2D eigenvalue weighted by molar-refractivity contribution is 7.19. The number of aryl methyl sites for hydroxylation is 3. The molecule has 4 aromatic rings. The minimum absolute atomic E-state index is 0.302. The fraction of sp³-hybridized carbons (Fsp3) is 0.440. The van der Waals surface area contributed by atoms with Crippen molar-refractivity contribution in [2.24, 2.45) is 0 Å². The topological polar surface area (TPSA) is 67.3 Å². The molecule has 5 rings (SSSR count). The number of thiophene rings is 1. The number of ether oxygens (including phenoxy) is 1. The number of aromatic nitrogens is 4. The lowest BCUT2D eigenvalue weighted by atomic mass is 10.1. The van der Waals surface area contributed by atoms with E-state index in [1.165, 1.54) is 11.9 Å². The quantitative estimate of drug-likeness (QED) is 0.289. The fourth-order valence-electron chi connectivity index (χ4n) is 4.51. The van der Waals surface area contributed by atoms with Crippen LogP contribution < -0.4 is 14.5 Å². The van der Waals surface area contributed by atoms with Crippen molar-refractivity contribution in [1.29, 1.82) is 0 Å². The van der Waals surface area contributed by atoms with Crippen LogP contribution in [-0.2, 0) is 19.3 Å². The average Bonchev–Trinajstić information content (AvgIpc) is 3.48. The Morgan fingerprint density at radius 3 is 2.38 bits per heavy atom. The Labute approximate surface area is 220 Å². The van der Waals surface area contributed by atoms with Crippen molar-refractivity contribution in [1.82, 2.24) is 20.2 Å². The van der Waals surface area contributed by atoms with Gasteiger partial charge in [0.25, 0.3) is 0 Å². The van der Waals surface area contributed by atoms with Crippen molar-refractivity contribution in [2.45, 2.75) is 38.8 Å². The van der Waals surface area contributed by atoms with Crippen LogP contribution in [0.25, 0.3) is 10.2 Å². The van der Waals surface area contributed by atoms with Gasteiger partial charge in [0.15, 0.2) is 0 Å². The van der Waals surface area contributed by atoms with Crippen molar-refractivity contribution in [3.63, 3.8) is 0 Å². The van der Waals surface area contributed by atoms with E-state index in [-0.39, 0.29) is 0 Å². The van der Waals surface area contributed by atoms with E-state index in [0.717, 1.165) is 65.0 Å². The van der Waals surface area contributed by atoms with Gasteiger partial charge in [0, 0.05) is 37.5 Å². The Morgan fingerprint density at radius 2 is 1.68 bits per heavy atom. The minimum atomic E-state index is -4.25. The van der Waals surface area contributed by atoms with Crippen molar-refractivity contribution >= 4 is 43.8 Å². The highest BCUT2D eigenvalue weighted by Gasteiger charge is 2.31. The molecule has 1 aliphatic heterocycles. The van der Waals surface area contributed by atoms with Gasteiger partial charge in [0.05, 0.1) is 18.9 Å². The van der Waals surface area contributed by atoms with Gasteiger partial charge in [0.1, 0.15) is 27.7 Å². The first kappa shape index (κ1) is 25.7. The second-order valence-corrected chi connectivity index (χ2v) is 11.1. The molecule has 196 valence electrons. The van der Waals surface area contributed by atoms with E-state index in [4.69, 9.17) is 4.74 Å². The van der Waals surface area contributed by atoms with E-state index in [1.54, 1.807) is 25.4 Å². The Hall–Kier alpha value is -2.99. The predicted molar refractivity (Wildman–Crippen MR) is 141 cm³/mol. The lowest BCUT2D eigenvalue weighted by Crippen LogP contribution is -2.47. The first-order valence-electron chi connectivity index (χ1n) is 12.1. The van der Waals surface area contributed by atoms with E-state index in [1.807, 2.05) is 12.1 Å². The van der Waals surface area contributed by atoms with Gasteiger partial charge in [0.2, 0.25) is 5.13 Å². The van der Waals surface area contributed by atoms with E-state index < -0.39 is 12.6 Å². The molecule has 0 unspecified atom stereocenters. The summed E-state index contributed by atoms with van der Waals surface area (Å²) in [6.45, 7) is 4.61. The maximum absolute atomic E-state index is 13.0. The number of methoxy groups -OCH3 is 1. The zero-order chi connectivity index (χ0) is 26.0. The molecule has 0 radical (unpaired) electrons. The first-order valence-corrected chi connectivity index (χ1v) is 13.7. The number of nitrogens with zero attached hydrogens (tertiary/aromatic N) is 6. The lowest BCUT2D eigenvalue weighted by molar-refractivity contribution is -0.126. The van der Waals surface area contributed by atoms with Crippen molar-refractivity contribution in [3.8, 4) is 5.75 Å². The van der Waals surface area contributed by atoms with Gasteiger partial charge in [-0.2, -0.15) is 13.2 Å². The molecule has 0 spiro atoms. The van der Waals surface area contributed by atoms with E-state index >= 15 is 0 Å². The van der Waals surface area contributed by atoms with Gasteiger partial charge in [-0.05, 0) is 43.0 Å². The van der Waals surface area contributed by atoms with Gasteiger partial charge in [-0.1, -0.05) is 23.5 Å². The standard InChI is InChI=1S/C25H27F3N6OS2/c1-16-19(14-25(26,27)28)36-23-21(16)22(29-15-30-23)33-10-12-34(13-11-33)24-32-31-20(37-24)5-3-4-17-6-8-18(35-2)9-7-17/h6-9,15H,3-5,10-14H2,1-2H3. The Kier molecular flexibility index (Phi) is 7.47. The fourth-order valence-corrected chi connectivity index (χ4v) is 6.61. The SMILES string of the molecule is COc1ccc(CCCc2nnc(N3CCN(c4ncnc5sc(CC(F)(F)F)c(C)c45)CC3)s2)cc1. The van der Waals surface area contributed by atoms with Crippen LogP contribution in [0, 0.1) is 6.92 Å². The number of hydrogen-bond donors (Lipinski definition) is 0. The molecule has 12 heteroatoms. The normalized spacial score (nSPS) is 14.5. The molecule has 0 saturated carbocycles. The lowest BCUT2D eigenvalue weighted by Gasteiger charge is -2.35. The van der Waals surface area contributed by atoms with E-state index in [2.05, 4.69) is 42.1 Å². The second-order valence-electron chi connectivity index (χ2n) is 8.97. The number of halogens is 3. The summed E-state index contributed by atoms with van der Waals surface area (Å²) in [5.41, 5.74) is 1.89. The van der Waals surface area contributed by atoms with Crippen LogP contribution in [0.2, 0.25) is 0 Å². The molecule has 3 aromatic heterocycles. The van der Waals surface area contributed by atoms with Crippen LogP contribution >= 0.6 is 22.7 Å². The molecule has 4 heterocycles. The molecular weight excluding hydrogens is 521 g/mol. The van der Waals surface area contributed by atoms with Crippen molar-refractivity contribution in [2.75, 3.05) is 43.1 Å². The molecule has 0 aliphatic carbocycles. The number of rotatable bonds is 8. The third kappa shape index (κ3) is 5.96. The molecule has 1 saturated heterocycles. The molecule has 0 bridgehead atoms. The van der Waals surface area contributed by atoms with E-state index in [9.17, 15) is 13.2 Å². The number of alkyl halides is 3. The molecule has 1 aromatic carbocycles. The Morgan fingerprint density at radius 1 is 0.946 bits per heavy atom. The molecule has 1 aliphatic rings. The summed E-state index contributed by atoms with van der Waals surface area (Å²) in [6.07, 6.45) is -0.902.